The van der Waals surface area contributed by atoms with Crippen LogP contribution in [-0.4, -0.2) is 29.2 Å². The van der Waals surface area contributed by atoms with Crippen molar-refractivity contribution < 1.29 is 24.2 Å². The molecule has 0 saturated heterocycles. The Morgan fingerprint density at radius 2 is 1.92 bits per heavy atom. The molecule has 0 spiro atoms. The topological polar surface area (TPSA) is 133 Å². The molecule has 0 fully saturated rings. The molecule has 0 aliphatic carbocycles. The van der Waals surface area contributed by atoms with Gasteiger partial charge in [0.2, 0.25) is 5.91 Å². The van der Waals surface area contributed by atoms with Crippen molar-refractivity contribution in [3.63, 3.8) is 0 Å². The van der Waals surface area contributed by atoms with Crippen molar-refractivity contribution in [3.8, 4) is 0 Å². The van der Waals surface area contributed by atoms with E-state index in [1.807, 2.05) is 0 Å². The van der Waals surface area contributed by atoms with E-state index in [2.05, 4.69) is 10.5 Å². The first-order chi connectivity index (χ1) is 5.43. The van der Waals surface area contributed by atoms with E-state index in [1.165, 1.54) is 0 Å². The molecule has 0 radical (unpaired) electrons. The standard InChI is InChI=1S/C5H8N2O5/c6-2(1-3(7)8)4(9)12-5(10)11/h2H,1,6H2,(H2,7,8)(H,10,11)/t2-/m0/s1. The van der Waals surface area contributed by atoms with Gasteiger partial charge in [0, 0.05) is 0 Å². The van der Waals surface area contributed by atoms with Gasteiger partial charge in [-0.2, -0.15) is 0 Å². The fourth-order valence-electron chi connectivity index (χ4n) is 0.462. The molecule has 0 aromatic heterocycles. The largest absolute Gasteiger partial charge is 0.513 e. The van der Waals surface area contributed by atoms with Crippen molar-refractivity contribution in [2.75, 3.05) is 0 Å². The molecule has 0 bridgehead atoms. The molecule has 7 heteroatoms. The van der Waals surface area contributed by atoms with Gasteiger partial charge in [-0.15, -0.1) is 0 Å². The minimum atomic E-state index is -1.76. The third-order valence-electron chi connectivity index (χ3n) is 0.912. The lowest BCUT2D eigenvalue weighted by atomic mass is 10.2. The van der Waals surface area contributed by atoms with Crippen molar-refractivity contribution in [2.24, 2.45) is 11.5 Å². The molecule has 1 amide bonds. The lowest BCUT2D eigenvalue weighted by molar-refractivity contribution is -0.142. The Morgan fingerprint density at radius 1 is 1.42 bits per heavy atom. The normalized spacial score (nSPS) is 11.8. The molecular formula is C5H8N2O5. The number of carboxylic acid groups (broad SMARTS) is 1. The molecule has 0 aliphatic rings. The van der Waals surface area contributed by atoms with Gasteiger partial charge in [0.25, 0.3) is 0 Å². The molecule has 5 N–H and O–H groups in total. The van der Waals surface area contributed by atoms with E-state index in [1.54, 1.807) is 0 Å². The summed E-state index contributed by atoms with van der Waals surface area (Å²) < 4.78 is 3.66. The van der Waals surface area contributed by atoms with Crippen LogP contribution in [-0.2, 0) is 14.3 Å². The van der Waals surface area contributed by atoms with E-state index in [0.717, 1.165) is 0 Å². The number of hydrogen-bond donors (Lipinski definition) is 3. The van der Waals surface area contributed by atoms with E-state index in [4.69, 9.17) is 10.8 Å². The first kappa shape index (κ1) is 10.4. The SMILES string of the molecule is NC(=O)C[C@H](N)C(=O)OC(=O)O. The Hall–Kier alpha value is -1.63. The number of amides is 1. The van der Waals surface area contributed by atoms with Crippen LogP contribution in [0, 0.1) is 0 Å². The van der Waals surface area contributed by atoms with Gasteiger partial charge < -0.3 is 21.3 Å². The zero-order chi connectivity index (χ0) is 9.72. The molecule has 68 valence electrons. The number of carbonyl (C=O) groups is 3. The highest BCUT2D eigenvalue weighted by molar-refractivity contribution is 5.88. The lowest BCUT2D eigenvalue weighted by Gasteiger charge is -2.04. The summed E-state index contributed by atoms with van der Waals surface area (Å²) in [4.78, 5) is 30.5. The van der Waals surface area contributed by atoms with Crippen molar-refractivity contribution in [3.05, 3.63) is 0 Å². The number of ether oxygens (including phenoxy) is 1. The number of carbonyl (C=O) groups excluding carboxylic acids is 2. The van der Waals surface area contributed by atoms with Gasteiger partial charge in [0.15, 0.2) is 0 Å². The van der Waals surface area contributed by atoms with Crippen molar-refractivity contribution in [1.29, 1.82) is 0 Å². The van der Waals surface area contributed by atoms with Gasteiger partial charge in [-0.25, -0.2) is 9.59 Å². The van der Waals surface area contributed by atoms with E-state index in [0.29, 0.717) is 0 Å². The maximum Gasteiger partial charge on any atom is 0.513 e. The van der Waals surface area contributed by atoms with Crippen LogP contribution in [0.3, 0.4) is 0 Å². The predicted octanol–water partition coefficient (Wildman–Crippen LogP) is -1.59. The molecule has 0 aliphatic heterocycles. The monoisotopic (exact) mass is 176 g/mol. The van der Waals surface area contributed by atoms with Crippen LogP contribution in [0.5, 0.6) is 0 Å². The molecule has 12 heavy (non-hydrogen) atoms. The summed E-state index contributed by atoms with van der Waals surface area (Å²) in [7, 11) is 0. The number of nitrogens with two attached hydrogens (primary N) is 2. The highest BCUT2D eigenvalue weighted by atomic mass is 16.7. The first-order valence-electron chi connectivity index (χ1n) is 2.92. The molecular weight excluding hydrogens is 168 g/mol. The van der Waals surface area contributed by atoms with Crippen molar-refractivity contribution in [2.45, 2.75) is 12.5 Å². The second kappa shape index (κ2) is 4.29. The molecule has 0 rings (SSSR count). The third-order valence-corrected chi connectivity index (χ3v) is 0.912. The number of hydrogen-bond acceptors (Lipinski definition) is 5. The fourth-order valence-corrected chi connectivity index (χ4v) is 0.462. The molecule has 0 aromatic carbocycles. The summed E-state index contributed by atoms with van der Waals surface area (Å²) in [6, 6.07) is -1.32. The van der Waals surface area contributed by atoms with Gasteiger partial charge in [-0.1, -0.05) is 0 Å². The number of rotatable bonds is 3. The molecule has 7 nitrogen and oxygen atoms in total. The summed E-state index contributed by atoms with van der Waals surface area (Å²) in [5.74, 6) is -1.99. The van der Waals surface area contributed by atoms with Crippen molar-refractivity contribution >= 4 is 18.0 Å². The first-order valence-corrected chi connectivity index (χ1v) is 2.92. The van der Waals surface area contributed by atoms with Gasteiger partial charge in [0.1, 0.15) is 6.04 Å². The van der Waals surface area contributed by atoms with Gasteiger partial charge in [0.05, 0.1) is 6.42 Å². The van der Waals surface area contributed by atoms with E-state index < -0.39 is 30.5 Å². The van der Waals surface area contributed by atoms with Crippen LogP contribution >= 0.6 is 0 Å². The van der Waals surface area contributed by atoms with E-state index in [9.17, 15) is 14.4 Å². The predicted molar refractivity (Wildman–Crippen MR) is 35.9 cm³/mol. The van der Waals surface area contributed by atoms with Crippen LogP contribution in [0.25, 0.3) is 0 Å². The Kier molecular flexibility index (Phi) is 3.71. The molecule has 1 atom stereocenters. The Bertz CT molecular complexity index is 214. The summed E-state index contributed by atoms with van der Waals surface area (Å²) in [6.45, 7) is 0. The second-order valence-corrected chi connectivity index (χ2v) is 1.96. The third kappa shape index (κ3) is 4.23. The Morgan fingerprint density at radius 3 is 2.25 bits per heavy atom. The minimum absolute atomic E-state index is 0.438. The summed E-state index contributed by atoms with van der Waals surface area (Å²) in [6.07, 6.45) is -2.20. The second-order valence-electron chi connectivity index (χ2n) is 1.96. The highest BCUT2D eigenvalue weighted by Crippen LogP contribution is 1.91. The number of primary amides is 1. The fraction of sp³-hybridized carbons (Fsp3) is 0.400. The van der Waals surface area contributed by atoms with Crippen LogP contribution in [0.4, 0.5) is 4.79 Å². The van der Waals surface area contributed by atoms with Crippen LogP contribution in [0.1, 0.15) is 6.42 Å². The molecule has 0 heterocycles. The van der Waals surface area contributed by atoms with Gasteiger partial charge in [-0.3, -0.25) is 4.79 Å². The molecule has 0 aromatic rings. The minimum Gasteiger partial charge on any atom is -0.449 e. The summed E-state index contributed by atoms with van der Waals surface area (Å²) in [5, 5.41) is 7.95. The zero-order valence-corrected chi connectivity index (χ0v) is 6.02. The molecule has 0 saturated carbocycles. The maximum absolute atomic E-state index is 10.6. The van der Waals surface area contributed by atoms with E-state index >= 15 is 0 Å². The van der Waals surface area contributed by atoms with Gasteiger partial charge >= 0.3 is 12.1 Å². The maximum atomic E-state index is 10.6. The summed E-state index contributed by atoms with van der Waals surface area (Å²) in [5.41, 5.74) is 9.72. The molecule has 0 unspecified atom stereocenters. The quantitative estimate of drug-likeness (QED) is 0.350. The lowest BCUT2D eigenvalue weighted by Crippen LogP contribution is -2.37. The average Bonchev–Trinajstić information content (AvgIpc) is 1.84. The zero-order valence-electron chi connectivity index (χ0n) is 6.02. The average molecular weight is 176 g/mol. The van der Waals surface area contributed by atoms with Crippen molar-refractivity contribution in [1.82, 2.24) is 0 Å². The van der Waals surface area contributed by atoms with Crippen LogP contribution in [0.15, 0.2) is 0 Å². The van der Waals surface area contributed by atoms with Crippen LogP contribution < -0.4 is 11.5 Å². The highest BCUT2D eigenvalue weighted by Gasteiger charge is 2.19. The van der Waals surface area contributed by atoms with Gasteiger partial charge in [-0.05, 0) is 0 Å². The van der Waals surface area contributed by atoms with Crippen LogP contribution in [0.2, 0.25) is 0 Å². The number of esters is 1. The summed E-state index contributed by atoms with van der Waals surface area (Å²) >= 11 is 0. The smallest absolute Gasteiger partial charge is 0.449 e. The Balaban J connectivity index is 3.93. The van der Waals surface area contributed by atoms with E-state index in [-0.39, 0.29) is 0 Å². The Labute approximate surface area is 67.3 Å².